The summed E-state index contributed by atoms with van der Waals surface area (Å²) in [4.78, 5) is 25.4. The van der Waals surface area contributed by atoms with Gasteiger partial charge in [0.2, 0.25) is 0 Å². The molecule has 262 valence electrons. The molecule has 0 aliphatic heterocycles. The van der Waals surface area contributed by atoms with Crippen molar-refractivity contribution >= 4 is 53.6 Å². The van der Waals surface area contributed by atoms with E-state index < -0.39 is 0 Å². The molecule has 0 unspecified atom stereocenters. The second-order valence-corrected chi connectivity index (χ2v) is 14.7. The van der Waals surface area contributed by atoms with Crippen LogP contribution in [0.1, 0.15) is 0 Å². The molecule has 11 rings (SSSR count). The third kappa shape index (κ3) is 5.52. The summed E-state index contributed by atoms with van der Waals surface area (Å²) in [5, 5.41) is 3.21. The lowest BCUT2D eigenvalue weighted by molar-refractivity contribution is 0.667. The predicted octanol–water partition coefficient (Wildman–Crippen LogP) is 12.9. The zero-order valence-corrected chi connectivity index (χ0v) is 30.6. The molecule has 0 spiro atoms. The second-order valence-electron chi connectivity index (χ2n) is 13.6. The third-order valence-corrected chi connectivity index (χ3v) is 11.4. The summed E-state index contributed by atoms with van der Waals surface area (Å²) in [5.41, 5.74) is 10.1. The number of thiophene rings is 1. The largest absolute Gasteiger partial charge is 0.452 e. The summed E-state index contributed by atoms with van der Waals surface area (Å²) in [6, 6.07) is 60.0. The van der Waals surface area contributed by atoms with Gasteiger partial charge in [0.05, 0.1) is 0 Å². The van der Waals surface area contributed by atoms with E-state index in [1.807, 2.05) is 84.9 Å². The molecule has 0 aliphatic rings. The van der Waals surface area contributed by atoms with Crippen molar-refractivity contribution in [2.75, 3.05) is 0 Å². The fourth-order valence-electron chi connectivity index (χ4n) is 7.41. The van der Waals surface area contributed by atoms with E-state index in [2.05, 4.69) is 91.0 Å². The van der Waals surface area contributed by atoms with Gasteiger partial charge in [0.1, 0.15) is 16.8 Å². The molecule has 7 heteroatoms. The zero-order chi connectivity index (χ0) is 37.0. The Kier molecular flexibility index (Phi) is 7.57. The van der Waals surface area contributed by atoms with Crippen molar-refractivity contribution in [1.29, 1.82) is 0 Å². The van der Waals surface area contributed by atoms with Gasteiger partial charge in [-0.05, 0) is 47.5 Å². The molecule has 7 aromatic carbocycles. The van der Waals surface area contributed by atoms with Crippen LogP contribution < -0.4 is 0 Å². The Balaban J connectivity index is 1.07. The molecule has 11 aromatic rings. The van der Waals surface area contributed by atoms with Gasteiger partial charge >= 0.3 is 0 Å². The lowest BCUT2D eigenvalue weighted by atomic mass is 10.0. The highest BCUT2D eigenvalue weighted by Gasteiger charge is 2.21. The van der Waals surface area contributed by atoms with Gasteiger partial charge in [-0.3, -0.25) is 0 Å². The van der Waals surface area contributed by atoms with Gasteiger partial charge in [0, 0.05) is 53.4 Å². The summed E-state index contributed by atoms with van der Waals surface area (Å²) < 4.78 is 8.74. The minimum atomic E-state index is 0.624. The lowest BCUT2D eigenvalue weighted by Crippen LogP contribution is -2.00. The van der Waals surface area contributed by atoms with E-state index in [-0.39, 0.29) is 0 Å². The highest BCUT2D eigenvalue weighted by atomic mass is 32.1. The van der Waals surface area contributed by atoms with E-state index in [1.54, 1.807) is 11.3 Å². The zero-order valence-electron chi connectivity index (χ0n) is 29.8. The van der Waals surface area contributed by atoms with Gasteiger partial charge < -0.3 is 4.42 Å². The summed E-state index contributed by atoms with van der Waals surface area (Å²) in [6.45, 7) is 0. The highest BCUT2D eigenvalue weighted by molar-refractivity contribution is 7.26. The van der Waals surface area contributed by atoms with Crippen LogP contribution in [0.3, 0.4) is 0 Å². The number of aromatic nitrogens is 5. The molecule has 56 heavy (non-hydrogen) atoms. The molecule has 0 N–H and O–H groups in total. The Morgan fingerprint density at radius 3 is 1.62 bits per heavy atom. The molecular weight excluding hydrogens is 707 g/mol. The van der Waals surface area contributed by atoms with E-state index in [0.717, 1.165) is 75.7 Å². The molecule has 0 aliphatic carbocycles. The van der Waals surface area contributed by atoms with Crippen molar-refractivity contribution in [3.63, 3.8) is 0 Å². The molecule has 0 saturated heterocycles. The van der Waals surface area contributed by atoms with Crippen molar-refractivity contribution in [3.8, 4) is 67.9 Å². The van der Waals surface area contributed by atoms with Gasteiger partial charge in [0.25, 0.3) is 0 Å². The van der Waals surface area contributed by atoms with Crippen molar-refractivity contribution in [1.82, 2.24) is 24.9 Å². The van der Waals surface area contributed by atoms with Gasteiger partial charge in [-0.25, -0.2) is 24.9 Å². The van der Waals surface area contributed by atoms with E-state index in [4.69, 9.17) is 29.3 Å². The van der Waals surface area contributed by atoms with Crippen molar-refractivity contribution < 1.29 is 4.42 Å². The van der Waals surface area contributed by atoms with E-state index in [0.29, 0.717) is 28.9 Å². The first-order valence-corrected chi connectivity index (χ1v) is 19.2. The molecule has 0 amide bonds. The standard InChI is InChI=1S/C49H29N5OS/c1-4-13-30(14-5-1)31-23-25-32(26-24-31)42-44-43(37-19-10-11-22-40(37)55-44)51-49(50-42)38-21-12-20-36-39-29-35(27-28-41(39)56-45(36)38)48-53-46(33-15-6-2-7-16-33)52-47(54-48)34-17-8-3-9-18-34/h1-29H. The van der Waals surface area contributed by atoms with Crippen molar-refractivity contribution in [2.24, 2.45) is 0 Å². The first-order valence-electron chi connectivity index (χ1n) is 18.4. The highest BCUT2D eigenvalue weighted by Crippen LogP contribution is 2.42. The van der Waals surface area contributed by atoms with Crippen LogP contribution in [0.4, 0.5) is 0 Å². The Labute approximate surface area is 325 Å². The van der Waals surface area contributed by atoms with Crippen LogP contribution in [0.15, 0.2) is 180 Å². The molecule has 0 fully saturated rings. The van der Waals surface area contributed by atoms with Gasteiger partial charge in [-0.15, -0.1) is 11.3 Å². The molecule has 6 nitrogen and oxygen atoms in total. The van der Waals surface area contributed by atoms with Crippen molar-refractivity contribution in [2.45, 2.75) is 0 Å². The minimum absolute atomic E-state index is 0.624. The summed E-state index contributed by atoms with van der Waals surface area (Å²) in [7, 11) is 0. The molecule has 0 saturated carbocycles. The topological polar surface area (TPSA) is 77.6 Å². The van der Waals surface area contributed by atoms with Crippen LogP contribution in [0.5, 0.6) is 0 Å². The van der Waals surface area contributed by atoms with Crippen LogP contribution in [0.2, 0.25) is 0 Å². The van der Waals surface area contributed by atoms with Crippen LogP contribution in [0, 0.1) is 0 Å². The smallest absolute Gasteiger partial charge is 0.180 e. The van der Waals surface area contributed by atoms with E-state index >= 15 is 0 Å². The molecule has 0 atom stereocenters. The summed E-state index contributed by atoms with van der Waals surface area (Å²) in [5.74, 6) is 2.55. The first kappa shape index (κ1) is 32.1. The molecule has 4 heterocycles. The normalized spacial score (nSPS) is 11.6. The van der Waals surface area contributed by atoms with Gasteiger partial charge in [-0.1, -0.05) is 140 Å². The number of para-hydroxylation sites is 1. The van der Waals surface area contributed by atoms with Crippen LogP contribution in [-0.4, -0.2) is 24.9 Å². The lowest BCUT2D eigenvalue weighted by Gasteiger charge is -2.09. The number of benzene rings is 7. The van der Waals surface area contributed by atoms with Crippen LogP contribution in [-0.2, 0) is 0 Å². The monoisotopic (exact) mass is 735 g/mol. The molecule has 0 radical (unpaired) electrons. The number of rotatable bonds is 6. The maximum absolute atomic E-state index is 6.47. The van der Waals surface area contributed by atoms with Gasteiger partial charge in [0.15, 0.2) is 28.9 Å². The molecule has 0 bridgehead atoms. The maximum Gasteiger partial charge on any atom is 0.180 e. The number of hydrogen-bond acceptors (Lipinski definition) is 7. The number of hydrogen-bond donors (Lipinski definition) is 0. The van der Waals surface area contributed by atoms with Gasteiger partial charge in [-0.2, -0.15) is 0 Å². The summed E-state index contributed by atoms with van der Waals surface area (Å²) in [6.07, 6.45) is 0. The minimum Gasteiger partial charge on any atom is -0.452 e. The average molecular weight is 736 g/mol. The van der Waals surface area contributed by atoms with Crippen molar-refractivity contribution in [3.05, 3.63) is 176 Å². The number of furan rings is 1. The summed E-state index contributed by atoms with van der Waals surface area (Å²) >= 11 is 1.74. The SMILES string of the molecule is c1ccc(-c2ccc(-c3nc(-c4cccc5c4sc4ccc(-c6nc(-c7ccccc7)nc(-c7ccccc7)n6)cc45)nc4c3oc3ccccc34)cc2)cc1. The Morgan fingerprint density at radius 1 is 0.375 bits per heavy atom. The first-order chi connectivity index (χ1) is 27.7. The van der Waals surface area contributed by atoms with E-state index in [9.17, 15) is 0 Å². The fraction of sp³-hybridized carbons (Fsp3) is 0. The Bertz CT molecular complexity index is 3180. The Morgan fingerprint density at radius 2 is 0.929 bits per heavy atom. The number of fused-ring (bicyclic) bond motifs is 6. The quantitative estimate of drug-likeness (QED) is 0.169. The molecular formula is C49H29N5OS. The Hall–Kier alpha value is -7.35. The van der Waals surface area contributed by atoms with E-state index in [1.165, 1.54) is 5.56 Å². The maximum atomic E-state index is 6.47. The fourth-order valence-corrected chi connectivity index (χ4v) is 8.60. The predicted molar refractivity (Wildman–Crippen MR) is 228 cm³/mol. The molecule has 4 aromatic heterocycles. The van der Waals surface area contributed by atoms with Crippen LogP contribution in [0.25, 0.3) is 110 Å². The number of nitrogens with zero attached hydrogens (tertiary/aromatic N) is 5. The third-order valence-electron chi connectivity index (χ3n) is 10.2. The second kappa shape index (κ2) is 13.2. The van der Waals surface area contributed by atoms with Crippen LogP contribution >= 0.6 is 11.3 Å². The average Bonchev–Trinajstić information content (AvgIpc) is 3.85.